The molecule has 4 rings (SSSR count). The number of pyridine rings is 2. The first-order valence-corrected chi connectivity index (χ1v) is 15.2. The van der Waals surface area contributed by atoms with Crippen molar-refractivity contribution < 1.29 is 9.47 Å². The molecule has 0 radical (unpaired) electrons. The van der Waals surface area contributed by atoms with Gasteiger partial charge in [-0.25, -0.2) is 9.97 Å². The number of likely N-dealkylation sites (tertiary alicyclic amines) is 1. The number of likely N-dealkylation sites (N-methyl/N-ethyl adjacent to an activating group) is 1. The van der Waals surface area contributed by atoms with Crippen LogP contribution in [0.3, 0.4) is 0 Å². The van der Waals surface area contributed by atoms with E-state index in [0.29, 0.717) is 25.1 Å². The molecule has 0 aromatic carbocycles. The van der Waals surface area contributed by atoms with Gasteiger partial charge in [0.25, 0.3) is 0 Å². The smallest absolute Gasteiger partial charge is 0.146 e. The third-order valence-electron chi connectivity index (χ3n) is 6.28. The molecule has 0 aliphatic carbocycles. The number of aromatic nitrogens is 3. The van der Waals surface area contributed by atoms with E-state index in [2.05, 4.69) is 47.6 Å². The van der Waals surface area contributed by atoms with Crippen molar-refractivity contribution in [3.63, 3.8) is 0 Å². The maximum Gasteiger partial charge on any atom is 0.146 e. The largest absolute Gasteiger partial charge is 0.491 e. The van der Waals surface area contributed by atoms with Crippen LogP contribution in [0.15, 0.2) is 24.5 Å². The Morgan fingerprint density at radius 3 is 2.84 bits per heavy atom. The van der Waals surface area contributed by atoms with E-state index in [9.17, 15) is 5.26 Å². The highest BCUT2D eigenvalue weighted by Gasteiger charge is 2.22. The van der Waals surface area contributed by atoms with E-state index in [1.807, 2.05) is 16.7 Å². The predicted molar refractivity (Wildman–Crippen MR) is 130 cm³/mol. The molecular formula is C24H33N5O2Si. The van der Waals surface area contributed by atoms with Crippen LogP contribution in [0.1, 0.15) is 25.0 Å². The van der Waals surface area contributed by atoms with Crippen LogP contribution in [0.25, 0.3) is 21.9 Å². The molecule has 3 aromatic rings. The Hall–Kier alpha value is -2.47. The molecule has 3 aromatic heterocycles. The fourth-order valence-corrected chi connectivity index (χ4v) is 5.01. The molecule has 0 bridgehead atoms. The molecule has 0 amide bonds. The van der Waals surface area contributed by atoms with Crippen molar-refractivity contribution in [3.8, 4) is 11.8 Å². The summed E-state index contributed by atoms with van der Waals surface area (Å²) in [5.74, 6) is 0.801. The number of hydrogen-bond acceptors (Lipinski definition) is 6. The van der Waals surface area contributed by atoms with Gasteiger partial charge in [-0.2, -0.15) is 5.26 Å². The zero-order valence-electron chi connectivity index (χ0n) is 19.6. The Morgan fingerprint density at radius 1 is 1.25 bits per heavy atom. The predicted octanol–water partition coefficient (Wildman–Crippen LogP) is 4.63. The SMILES string of the molecule is CN1CCCC[C@@H]1COc1ccnc2c1c1cc(C#N)ncc1n2COCC[Si](C)(C)C. The highest BCUT2D eigenvalue weighted by molar-refractivity contribution is 6.76. The Kier molecular flexibility index (Phi) is 6.79. The van der Waals surface area contributed by atoms with Gasteiger partial charge in [0, 0.05) is 32.3 Å². The number of fused-ring (bicyclic) bond motifs is 3. The zero-order valence-corrected chi connectivity index (χ0v) is 20.6. The van der Waals surface area contributed by atoms with Crippen LogP contribution < -0.4 is 4.74 Å². The van der Waals surface area contributed by atoms with Crippen LogP contribution in [0.5, 0.6) is 5.75 Å². The Labute approximate surface area is 191 Å². The quantitative estimate of drug-likeness (QED) is 0.367. The molecule has 1 aliphatic rings. The maximum absolute atomic E-state index is 9.40. The molecule has 170 valence electrons. The molecule has 7 nitrogen and oxygen atoms in total. The zero-order chi connectivity index (χ0) is 22.7. The topological polar surface area (TPSA) is 76.2 Å². The Balaban J connectivity index is 1.67. The molecule has 1 aliphatic heterocycles. The standard InChI is InChI=1S/C24H33N5O2Si/c1-28-10-6-5-7-19(28)16-31-22-8-9-26-24-23(22)20-13-18(14-25)27-15-21(20)29(24)17-30-11-12-32(2,3)4/h8-9,13,15,19H,5-7,10-12,16-17H2,1-4H3/t19-/m1/s1. The van der Waals surface area contributed by atoms with Crippen LogP contribution in [0, 0.1) is 11.3 Å². The van der Waals surface area contributed by atoms with Gasteiger partial charge in [0.15, 0.2) is 0 Å². The van der Waals surface area contributed by atoms with Gasteiger partial charge in [-0.05, 0) is 44.6 Å². The van der Waals surface area contributed by atoms with Crippen LogP contribution in [0.4, 0.5) is 0 Å². The van der Waals surface area contributed by atoms with E-state index < -0.39 is 8.07 Å². The van der Waals surface area contributed by atoms with E-state index in [0.717, 1.165) is 53.3 Å². The summed E-state index contributed by atoms with van der Waals surface area (Å²) in [6.45, 7) is 9.93. The number of ether oxygens (including phenoxy) is 2. The summed E-state index contributed by atoms with van der Waals surface area (Å²) in [5, 5.41) is 11.3. The minimum absolute atomic E-state index is 0.387. The molecule has 0 unspecified atom stereocenters. The molecular weight excluding hydrogens is 418 g/mol. The Morgan fingerprint density at radius 2 is 2.09 bits per heavy atom. The number of nitrogens with zero attached hydrogens (tertiary/aromatic N) is 5. The molecule has 1 atom stereocenters. The van der Waals surface area contributed by atoms with Crippen molar-refractivity contribution in [2.24, 2.45) is 0 Å². The number of piperidine rings is 1. The van der Waals surface area contributed by atoms with Crippen molar-refractivity contribution in [2.75, 3.05) is 26.8 Å². The van der Waals surface area contributed by atoms with E-state index in [1.165, 1.54) is 12.8 Å². The monoisotopic (exact) mass is 451 g/mol. The minimum Gasteiger partial charge on any atom is -0.491 e. The fourth-order valence-electron chi connectivity index (χ4n) is 4.26. The summed E-state index contributed by atoms with van der Waals surface area (Å²) in [7, 11) is 1.01. The molecule has 32 heavy (non-hydrogen) atoms. The van der Waals surface area contributed by atoms with Gasteiger partial charge < -0.3 is 14.4 Å². The van der Waals surface area contributed by atoms with Crippen molar-refractivity contribution >= 4 is 30.0 Å². The van der Waals surface area contributed by atoms with Gasteiger partial charge in [-0.15, -0.1) is 0 Å². The summed E-state index contributed by atoms with van der Waals surface area (Å²) in [5.41, 5.74) is 2.10. The second kappa shape index (κ2) is 9.57. The fraction of sp³-hybridized carbons (Fsp3) is 0.542. The summed E-state index contributed by atoms with van der Waals surface area (Å²) in [4.78, 5) is 11.3. The lowest BCUT2D eigenvalue weighted by atomic mass is 10.0. The summed E-state index contributed by atoms with van der Waals surface area (Å²) in [6.07, 6.45) is 7.19. The van der Waals surface area contributed by atoms with Crippen LogP contribution in [0.2, 0.25) is 25.7 Å². The third kappa shape index (κ3) is 4.95. The van der Waals surface area contributed by atoms with Gasteiger partial charge in [0.05, 0.1) is 17.1 Å². The van der Waals surface area contributed by atoms with Gasteiger partial charge in [0.2, 0.25) is 0 Å². The molecule has 1 saturated heterocycles. The van der Waals surface area contributed by atoms with Crippen LogP contribution >= 0.6 is 0 Å². The molecule has 0 spiro atoms. The average molecular weight is 452 g/mol. The van der Waals surface area contributed by atoms with Crippen molar-refractivity contribution in [3.05, 3.63) is 30.2 Å². The van der Waals surface area contributed by atoms with E-state index in [1.54, 1.807) is 12.4 Å². The third-order valence-corrected chi connectivity index (χ3v) is 7.98. The van der Waals surface area contributed by atoms with Crippen LogP contribution in [-0.2, 0) is 11.5 Å². The first-order valence-electron chi connectivity index (χ1n) is 11.5. The van der Waals surface area contributed by atoms with E-state index >= 15 is 0 Å². The molecule has 1 fully saturated rings. The molecule has 8 heteroatoms. The highest BCUT2D eigenvalue weighted by atomic mass is 28.3. The van der Waals surface area contributed by atoms with Gasteiger partial charge in [-0.1, -0.05) is 26.1 Å². The molecule has 0 saturated carbocycles. The summed E-state index contributed by atoms with van der Waals surface area (Å²) < 4.78 is 14.5. The highest BCUT2D eigenvalue weighted by Crippen LogP contribution is 2.35. The minimum atomic E-state index is -1.16. The normalized spacial score (nSPS) is 17.7. The molecule has 4 heterocycles. The second-order valence-electron chi connectivity index (χ2n) is 9.92. The van der Waals surface area contributed by atoms with Gasteiger partial charge in [-0.3, -0.25) is 4.57 Å². The lowest BCUT2D eigenvalue weighted by Gasteiger charge is -2.32. The maximum atomic E-state index is 9.40. The van der Waals surface area contributed by atoms with E-state index in [4.69, 9.17) is 9.47 Å². The van der Waals surface area contributed by atoms with Gasteiger partial charge >= 0.3 is 0 Å². The van der Waals surface area contributed by atoms with Crippen LogP contribution in [-0.4, -0.2) is 60.4 Å². The number of hydrogen-bond donors (Lipinski definition) is 0. The number of nitriles is 1. The number of rotatable bonds is 8. The summed E-state index contributed by atoms with van der Waals surface area (Å²) in [6, 6.07) is 7.44. The van der Waals surface area contributed by atoms with Crippen molar-refractivity contribution in [1.29, 1.82) is 5.26 Å². The first-order chi connectivity index (χ1) is 15.4. The van der Waals surface area contributed by atoms with Gasteiger partial charge in [0.1, 0.15) is 36.5 Å². The average Bonchev–Trinajstić information content (AvgIpc) is 3.09. The summed E-state index contributed by atoms with van der Waals surface area (Å²) >= 11 is 0. The van der Waals surface area contributed by atoms with E-state index in [-0.39, 0.29) is 0 Å². The lowest BCUT2D eigenvalue weighted by Crippen LogP contribution is -2.40. The second-order valence-corrected chi connectivity index (χ2v) is 15.5. The lowest BCUT2D eigenvalue weighted by molar-refractivity contribution is 0.0925. The first kappa shape index (κ1) is 22.7. The Bertz CT molecular complexity index is 1130. The molecule has 0 N–H and O–H groups in total. The van der Waals surface area contributed by atoms with Crippen molar-refractivity contribution in [1.82, 2.24) is 19.4 Å². The van der Waals surface area contributed by atoms with Crippen molar-refractivity contribution in [2.45, 2.75) is 57.7 Å².